The van der Waals surface area contributed by atoms with E-state index in [4.69, 9.17) is 4.74 Å². The van der Waals surface area contributed by atoms with E-state index in [9.17, 15) is 19.5 Å². The van der Waals surface area contributed by atoms with Gasteiger partial charge in [-0.1, -0.05) is 80.4 Å². The number of unbranched alkanes of at least 4 members (excludes halogenated alkanes) is 1. The van der Waals surface area contributed by atoms with E-state index in [0.29, 0.717) is 12.8 Å². The molecule has 30 heavy (non-hydrogen) atoms. The van der Waals surface area contributed by atoms with Crippen molar-refractivity contribution in [1.29, 1.82) is 0 Å². The van der Waals surface area contributed by atoms with E-state index in [1.165, 1.54) is 0 Å². The summed E-state index contributed by atoms with van der Waals surface area (Å²) >= 11 is 0. The molecule has 0 aromatic heterocycles. The van der Waals surface area contributed by atoms with Crippen molar-refractivity contribution in [2.75, 3.05) is 0 Å². The third kappa shape index (κ3) is 7.95. The Bertz CT molecular complexity index is 811. The Morgan fingerprint density at radius 2 is 1.50 bits per heavy atom. The lowest BCUT2D eigenvalue weighted by Crippen LogP contribution is -2.52. The molecule has 0 spiro atoms. The smallest absolute Gasteiger partial charge is 0.408 e. The summed E-state index contributed by atoms with van der Waals surface area (Å²) in [5, 5.41) is 14.5. The first-order valence-corrected chi connectivity index (χ1v) is 10.0. The minimum absolute atomic E-state index is 0.0700. The van der Waals surface area contributed by atoms with Crippen LogP contribution in [0.3, 0.4) is 0 Å². The Hall–Kier alpha value is -3.35. The van der Waals surface area contributed by atoms with Crippen molar-refractivity contribution >= 4 is 18.0 Å². The van der Waals surface area contributed by atoms with Crippen LogP contribution in [0.25, 0.3) is 0 Å². The zero-order valence-corrected chi connectivity index (χ0v) is 17.0. The maximum atomic E-state index is 12.8. The molecular weight excluding hydrogens is 384 g/mol. The molecule has 0 saturated carbocycles. The first-order valence-electron chi connectivity index (χ1n) is 10.0. The van der Waals surface area contributed by atoms with Crippen LogP contribution in [0, 0.1) is 0 Å². The van der Waals surface area contributed by atoms with Gasteiger partial charge in [0.15, 0.2) is 0 Å². The largest absolute Gasteiger partial charge is 0.480 e. The number of amides is 2. The highest BCUT2D eigenvalue weighted by Crippen LogP contribution is 2.07. The second kappa shape index (κ2) is 12.3. The first-order chi connectivity index (χ1) is 14.5. The molecule has 7 heteroatoms. The average molecular weight is 412 g/mol. The fourth-order valence-corrected chi connectivity index (χ4v) is 2.90. The topological polar surface area (TPSA) is 105 Å². The molecule has 2 atom stereocenters. The van der Waals surface area contributed by atoms with Gasteiger partial charge in [-0.25, -0.2) is 9.59 Å². The third-order valence-electron chi connectivity index (χ3n) is 4.56. The Morgan fingerprint density at radius 3 is 2.07 bits per heavy atom. The van der Waals surface area contributed by atoms with Gasteiger partial charge < -0.3 is 20.5 Å². The van der Waals surface area contributed by atoms with Crippen molar-refractivity contribution in [3.05, 3.63) is 71.8 Å². The molecular formula is C23H28N2O5. The fraction of sp³-hybridized carbons (Fsp3) is 0.348. The number of aliphatic carboxylic acids is 1. The number of rotatable bonds is 11. The molecule has 160 valence electrons. The van der Waals surface area contributed by atoms with Gasteiger partial charge in [-0.3, -0.25) is 4.79 Å². The Labute approximate surface area is 176 Å². The normalized spacial score (nSPS) is 12.4. The van der Waals surface area contributed by atoms with Crippen molar-refractivity contribution in [2.24, 2.45) is 0 Å². The summed E-state index contributed by atoms with van der Waals surface area (Å²) in [6.45, 7) is 2.02. The minimum Gasteiger partial charge on any atom is -0.480 e. The van der Waals surface area contributed by atoms with Gasteiger partial charge in [-0.15, -0.1) is 0 Å². The van der Waals surface area contributed by atoms with Gasteiger partial charge in [-0.05, 0) is 17.5 Å². The van der Waals surface area contributed by atoms with Crippen LogP contribution in [0.1, 0.15) is 37.3 Å². The number of ether oxygens (including phenoxy) is 1. The molecule has 0 aliphatic rings. The second-order valence-corrected chi connectivity index (χ2v) is 6.99. The standard InChI is InChI=1S/C23H28N2O5/c1-2-3-14-19(22(27)28)24-21(26)20(15-17-10-6-4-7-11-17)25-23(29)30-16-18-12-8-5-9-13-18/h4-13,19-20H,2-3,14-16H2,1H3,(H,24,26)(H,25,29)(H,27,28)/t19-,20+/m1/s1. The lowest BCUT2D eigenvalue weighted by molar-refractivity contribution is -0.142. The Morgan fingerprint density at radius 1 is 0.900 bits per heavy atom. The number of carbonyl (C=O) groups is 3. The molecule has 0 unspecified atom stereocenters. The number of carboxylic acids is 1. The van der Waals surface area contributed by atoms with Crippen LogP contribution in [-0.4, -0.2) is 35.2 Å². The number of alkyl carbamates (subject to hydrolysis) is 1. The van der Waals surface area contributed by atoms with Crippen LogP contribution in [0.4, 0.5) is 4.79 Å². The van der Waals surface area contributed by atoms with Gasteiger partial charge >= 0.3 is 12.1 Å². The number of carbonyl (C=O) groups excluding carboxylic acids is 2. The number of benzene rings is 2. The molecule has 0 aliphatic carbocycles. The van der Waals surface area contributed by atoms with Crippen molar-refractivity contribution in [3.8, 4) is 0 Å². The van der Waals surface area contributed by atoms with E-state index in [-0.39, 0.29) is 13.0 Å². The van der Waals surface area contributed by atoms with E-state index in [0.717, 1.165) is 17.5 Å². The molecule has 2 amide bonds. The molecule has 0 bridgehead atoms. The van der Waals surface area contributed by atoms with E-state index in [1.807, 2.05) is 67.6 Å². The summed E-state index contributed by atoms with van der Waals surface area (Å²) in [5.41, 5.74) is 1.66. The van der Waals surface area contributed by atoms with E-state index < -0.39 is 30.1 Å². The molecule has 0 fully saturated rings. The van der Waals surface area contributed by atoms with Gasteiger partial charge in [0.25, 0.3) is 0 Å². The summed E-state index contributed by atoms with van der Waals surface area (Å²) in [6.07, 6.45) is 1.29. The molecule has 2 aromatic rings. The van der Waals surface area contributed by atoms with Gasteiger partial charge in [0.2, 0.25) is 5.91 Å². The first kappa shape index (κ1) is 22.9. The molecule has 0 aliphatic heterocycles. The summed E-state index contributed by atoms with van der Waals surface area (Å²) in [4.78, 5) is 36.6. The highest BCUT2D eigenvalue weighted by molar-refractivity contribution is 5.89. The van der Waals surface area contributed by atoms with Crippen molar-refractivity contribution in [3.63, 3.8) is 0 Å². The highest BCUT2D eigenvalue weighted by Gasteiger charge is 2.27. The van der Waals surface area contributed by atoms with Crippen molar-refractivity contribution in [2.45, 2.75) is 51.3 Å². The number of carboxylic acid groups (broad SMARTS) is 1. The lowest BCUT2D eigenvalue weighted by atomic mass is 10.0. The van der Waals surface area contributed by atoms with Crippen LogP contribution in [0.15, 0.2) is 60.7 Å². The zero-order chi connectivity index (χ0) is 21.8. The van der Waals surface area contributed by atoms with Gasteiger partial charge in [-0.2, -0.15) is 0 Å². The SMILES string of the molecule is CCCC[C@@H](NC(=O)[C@H](Cc1ccccc1)NC(=O)OCc1ccccc1)C(=O)O. The fourth-order valence-electron chi connectivity index (χ4n) is 2.90. The Balaban J connectivity index is 2.04. The lowest BCUT2D eigenvalue weighted by Gasteiger charge is -2.21. The van der Waals surface area contributed by atoms with Crippen LogP contribution < -0.4 is 10.6 Å². The van der Waals surface area contributed by atoms with E-state index in [2.05, 4.69) is 10.6 Å². The molecule has 0 radical (unpaired) electrons. The quantitative estimate of drug-likeness (QED) is 0.525. The summed E-state index contributed by atoms with van der Waals surface area (Å²) in [7, 11) is 0. The number of nitrogens with one attached hydrogen (secondary N) is 2. The van der Waals surface area contributed by atoms with Gasteiger partial charge in [0.05, 0.1) is 0 Å². The van der Waals surface area contributed by atoms with Gasteiger partial charge in [0.1, 0.15) is 18.7 Å². The Kier molecular flexibility index (Phi) is 9.37. The monoisotopic (exact) mass is 412 g/mol. The number of hydrogen-bond acceptors (Lipinski definition) is 4. The minimum atomic E-state index is -1.10. The van der Waals surface area contributed by atoms with Crippen LogP contribution in [0.2, 0.25) is 0 Å². The van der Waals surface area contributed by atoms with Crippen LogP contribution >= 0.6 is 0 Å². The molecule has 2 rings (SSSR count). The van der Waals surface area contributed by atoms with Crippen LogP contribution in [-0.2, 0) is 27.4 Å². The molecule has 3 N–H and O–H groups in total. The van der Waals surface area contributed by atoms with Crippen LogP contribution in [0.5, 0.6) is 0 Å². The van der Waals surface area contributed by atoms with Gasteiger partial charge in [0, 0.05) is 6.42 Å². The molecule has 7 nitrogen and oxygen atoms in total. The molecule has 0 heterocycles. The predicted molar refractivity (Wildman–Crippen MR) is 113 cm³/mol. The number of hydrogen-bond donors (Lipinski definition) is 3. The molecule has 2 aromatic carbocycles. The third-order valence-corrected chi connectivity index (χ3v) is 4.56. The van der Waals surface area contributed by atoms with Crippen molar-refractivity contribution < 1.29 is 24.2 Å². The van der Waals surface area contributed by atoms with E-state index >= 15 is 0 Å². The van der Waals surface area contributed by atoms with E-state index in [1.54, 1.807) is 0 Å². The average Bonchev–Trinajstić information content (AvgIpc) is 2.76. The summed E-state index contributed by atoms with van der Waals surface area (Å²) in [5.74, 6) is -1.65. The summed E-state index contributed by atoms with van der Waals surface area (Å²) in [6, 6.07) is 16.4. The maximum absolute atomic E-state index is 12.8. The zero-order valence-electron chi connectivity index (χ0n) is 17.0. The maximum Gasteiger partial charge on any atom is 0.408 e. The molecule has 0 saturated heterocycles. The highest BCUT2D eigenvalue weighted by atomic mass is 16.5. The predicted octanol–water partition coefficient (Wildman–Crippen LogP) is 3.28. The summed E-state index contributed by atoms with van der Waals surface area (Å²) < 4.78 is 5.22. The van der Waals surface area contributed by atoms with Crippen molar-refractivity contribution in [1.82, 2.24) is 10.6 Å². The second-order valence-electron chi connectivity index (χ2n) is 6.99.